The number of likely N-dealkylation sites (N-methyl/N-ethyl adjacent to an activating group) is 1. The summed E-state index contributed by atoms with van der Waals surface area (Å²) in [5.74, 6) is -2.98. The molecule has 45 heavy (non-hydrogen) atoms. The van der Waals surface area contributed by atoms with E-state index in [0.717, 1.165) is 19.0 Å². The number of nitrogens with one attached hydrogen (secondary N) is 5. The van der Waals surface area contributed by atoms with Crippen molar-refractivity contribution < 1.29 is 27.9 Å². The van der Waals surface area contributed by atoms with Crippen molar-refractivity contribution in [1.82, 2.24) is 31.2 Å². The Morgan fingerprint density at radius 1 is 1.18 bits per heavy atom. The lowest BCUT2D eigenvalue weighted by molar-refractivity contribution is -0.138. The van der Waals surface area contributed by atoms with E-state index in [-0.39, 0.29) is 23.8 Å². The number of amides is 3. The molecule has 0 aliphatic carbocycles. The first-order valence-electron chi connectivity index (χ1n) is 14.6. The van der Waals surface area contributed by atoms with Crippen molar-refractivity contribution >= 4 is 51.7 Å². The lowest BCUT2D eigenvalue weighted by Gasteiger charge is -2.35. The second-order valence-electron chi connectivity index (χ2n) is 11.8. The quantitative estimate of drug-likeness (QED) is 0.197. The Labute approximate surface area is 265 Å². The van der Waals surface area contributed by atoms with Gasteiger partial charge in [-0.15, -0.1) is 0 Å². The van der Waals surface area contributed by atoms with E-state index in [2.05, 4.69) is 36.6 Å². The third-order valence-corrected chi connectivity index (χ3v) is 8.39. The Hall–Kier alpha value is -3.94. The van der Waals surface area contributed by atoms with E-state index in [0.29, 0.717) is 35.2 Å². The van der Waals surface area contributed by atoms with Crippen LogP contribution in [0.4, 0.5) is 20.3 Å². The molecule has 5 N–H and O–H groups in total. The summed E-state index contributed by atoms with van der Waals surface area (Å²) in [5.41, 5.74) is 0.0488. The number of aromatic nitrogens is 2. The van der Waals surface area contributed by atoms with E-state index in [4.69, 9.17) is 16.3 Å². The van der Waals surface area contributed by atoms with Crippen molar-refractivity contribution in [2.45, 2.75) is 52.1 Å². The summed E-state index contributed by atoms with van der Waals surface area (Å²) in [7, 11) is 3.12. The molecule has 4 rings (SSSR count). The second kappa shape index (κ2) is 14.4. The number of imide groups is 1. The summed E-state index contributed by atoms with van der Waals surface area (Å²) in [6.45, 7) is 6.54. The zero-order valence-corrected chi connectivity index (χ0v) is 26.6. The summed E-state index contributed by atoms with van der Waals surface area (Å²) in [4.78, 5) is 48.2. The van der Waals surface area contributed by atoms with Gasteiger partial charge in [-0.3, -0.25) is 19.7 Å². The molecule has 11 nitrogen and oxygen atoms in total. The van der Waals surface area contributed by atoms with Crippen LogP contribution in [0.25, 0.3) is 10.9 Å². The highest BCUT2D eigenvalue weighted by Crippen LogP contribution is 2.36. The number of carbonyl (C=O) groups is 3. The molecule has 1 fully saturated rings. The highest BCUT2D eigenvalue weighted by molar-refractivity contribution is 6.31. The highest BCUT2D eigenvalue weighted by atomic mass is 35.5. The Morgan fingerprint density at radius 3 is 2.60 bits per heavy atom. The molecule has 0 bridgehead atoms. The van der Waals surface area contributed by atoms with Crippen LogP contribution in [-0.2, 0) is 20.8 Å². The van der Waals surface area contributed by atoms with Gasteiger partial charge in [0, 0.05) is 18.0 Å². The van der Waals surface area contributed by atoms with Gasteiger partial charge in [0.25, 0.3) is 0 Å². The minimum Gasteiger partial charge on any atom is -0.496 e. The molecule has 3 aromatic rings. The van der Waals surface area contributed by atoms with Crippen LogP contribution in [0.15, 0.2) is 30.6 Å². The molecule has 1 aliphatic rings. The van der Waals surface area contributed by atoms with Crippen LogP contribution in [0, 0.1) is 23.0 Å². The molecule has 1 aliphatic heterocycles. The number of benzene rings is 2. The monoisotopic (exact) mass is 645 g/mol. The Kier molecular flexibility index (Phi) is 10.9. The smallest absolute Gasteiger partial charge is 0.249 e. The molecule has 1 aromatic heterocycles. The Morgan fingerprint density at radius 2 is 1.93 bits per heavy atom. The van der Waals surface area contributed by atoms with Crippen LogP contribution in [0.1, 0.15) is 39.2 Å². The normalized spacial score (nSPS) is 16.5. The third kappa shape index (κ3) is 7.84. The molecule has 242 valence electrons. The summed E-state index contributed by atoms with van der Waals surface area (Å²) in [6, 6.07) is 3.96. The molecular weight excluding hydrogens is 608 g/mol. The molecule has 2 heterocycles. The van der Waals surface area contributed by atoms with Gasteiger partial charge in [-0.05, 0) is 69.0 Å². The SMILES string of the molecule is CN[C@@H](C)C(=O)N[C@H](C(=O)NC(=O)[C@H]1CCCNC1)C(C)(C)Cc1cc2c(Nc3ccc(F)c(Cl)c3F)ncnc2cc1OC. The fraction of sp³-hybridized carbons (Fsp3) is 0.452. The number of anilines is 2. The number of nitrogens with zero attached hydrogens (tertiary/aromatic N) is 2. The molecule has 1 saturated heterocycles. The minimum atomic E-state index is -1.11. The van der Waals surface area contributed by atoms with Crippen molar-refractivity contribution in [2.75, 3.05) is 32.6 Å². The fourth-order valence-corrected chi connectivity index (χ4v) is 5.45. The molecule has 0 spiro atoms. The van der Waals surface area contributed by atoms with E-state index in [1.54, 1.807) is 40.0 Å². The van der Waals surface area contributed by atoms with Crippen molar-refractivity contribution in [2.24, 2.45) is 11.3 Å². The van der Waals surface area contributed by atoms with E-state index in [9.17, 15) is 23.2 Å². The van der Waals surface area contributed by atoms with Gasteiger partial charge in [-0.1, -0.05) is 25.4 Å². The van der Waals surface area contributed by atoms with Gasteiger partial charge in [0.05, 0.1) is 30.3 Å². The second-order valence-corrected chi connectivity index (χ2v) is 12.1. The van der Waals surface area contributed by atoms with E-state index < -0.39 is 51.9 Å². The largest absolute Gasteiger partial charge is 0.496 e. The van der Waals surface area contributed by atoms with Crippen LogP contribution in [0.3, 0.4) is 0 Å². The first-order chi connectivity index (χ1) is 21.4. The standard InChI is InChI=1S/C31H38ClF2N7O4/c1-16(35-4)28(42)40-26(30(44)41-29(43)17-7-6-10-36-14-17)31(2,3)13-18-11-19-22(12-23(18)45-5)37-15-38-27(19)39-21-9-8-20(33)24(32)25(21)34/h8-9,11-12,15-17,26,35-36H,6-7,10,13-14H2,1-5H3,(H,40,42)(H,37,38,39)(H,41,43,44)/t16-,17-,26+/m0/s1. The molecule has 14 heteroatoms. The molecule has 0 unspecified atom stereocenters. The zero-order valence-electron chi connectivity index (χ0n) is 25.8. The average molecular weight is 646 g/mol. The maximum absolute atomic E-state index is 14.7. The molecule has 0 saturated carbocycles. The summed E-state index contributed by atoms with van der Waals surface area (Å²) in [6.07, 6.45) is 2.96. The lowest BCUT2D eigenvalue weighted by atomic mass is 9.77. The van der Waals surface area contributed by atoms with Gasteiger partial charge < -0.3 is 26.0 Å². The van der Waals surface area contributed by atoms with E-state index in [1.807, 2.05) is 0 Å². The molecule has 3 amide bonds. The third-order valence-electron chi connectivity index (χ3n) is 8.04. The summed E-state index contributed by atoms with van der Waals surface area (Å²) < 4.78 is 34.2. The molecular formula is C31H38ClF2N7O4. The summed E-state index contributed by atoms with van der Waals surface area (Å²) in [5, 5.41) is 14.1. The lowest BCUT2D eigenvalue weighted by Crippen LogP contribution is -2.59. The predicted molar refractivity (Wildman–Crippen MR) is 167 cm³/mol. The van der Waals surface area contributed by atoms with Gasteiger partial charge in [0.2, 0.25) is 17.7 Å². The van der Waals surface area contributed by atoms with Gasteiger partial charge >= 0.3 is 0 Å². The number of halogens is 3. The highest BCUT2D eigenvalue weighted by Gasteiger charge is 2.39. The topological polar surface area (TPSA) is 146 Å². The maximum atomic E-state index is 14.7. The predicted octanol–water partition coefficient (Wildman–Crippen LogP) is 3.62. The van der Waals surface area contributed by atoms with Crippen molar-refractivity contribution in [3.8, 4) is 5.75 Å². The van der Waals surface area contributed by atoms with Crippen molar-refractivity contribution in [3.05, 3.63) is 52.8 Å². The number of fused-ring (bicyclic) bond motifs is 1. The number of carbonyl (C=O) groups excluding carboxylic acids is 3. The average Bonchev–Trinajstić information content (AvgIpc) is 3.03. The van der Waals surface area contributed by atoms with E-state index >= 15 is 0 Å². The van der Waals surface area contributed by atoms with Crippen molar-refractivity contribution in [3.63, 3.8) is 0 Å². The van der Waals surface area contributed by atoms with Crippen molar-refractivity contribution in [1.29, 1.82) is 0 Å². The number of rotatable bonds is 11. The minimum absolute atomic E-state index is 0.0879. The first-order valence-corrected chi connectivity index (χ1v) is 15.0. The van der Waals surface area contributed by atoms with E-state index in [1.165, 1.54) is 19.5 Å². The van der Waals surface area contributed by atoms with Crippen LogP contribution < -0.4 is 31.3 Å². The number of methoxy groups -OCH3 is 1. The molecule has 2 aromatic carbocycles. The van der Waals surface area contributed by atoms with Gasteiger partial charge in [0.15, 0.2) is 5.82 Å². The molecule has 3 atom stereocenters. The van der Waals surface area contributed by atoms with Crippen LogP contribution in [0.5, 0.6) is 5.75 Å². The summed E-state index contributed by atoms with van der Waals surface area (Å²) >= 11 is 5.77. The maximum Gasteiger partial charge on any atom is 0.249 e. The number of ether oxygens (including phenoxy) is 1. The van der Waals surface area contributed by atoms with Gasteiger partial charge in [-0.25, -0.2) is 18.7 Å². The fourth-order valence-electron chi connectivity index (χ4n) is 5.28. The zero-order chi connectivity index (χ0) is 32.9. The van der Waals surface area contributed by atoms with Crippen LogP contribution in [0.2, 0.25) is 5.02 Å². The number of hydrogen-bond acceptors (Lipinski definition) is 9. The van der Waals surface area contributed by atoms with Gasteiger partial charge in [0.1, 0.15) is 34.8 Å². The Balaban J connectivity index is 1.69. The number of piperidine rings is 1. The first kappa shape index (κ1) is 33.9. The molecule has 0 radical (unpaired) electrons. The van der Waals surface area contributed by atoms with Crippen LogP contribution >= 0.6 is 11.6 Å². The Bertz CT molecular complexity index is 1580. The van der Waals surface area contributed by atoms with Crippen LogP contribution in [-0.4, -0.2) is 67.0 Å². The number of hydrogen-bond donors (Lipinski definition) is 5. The van der Waals surface area contributed by atoms with Gasteiger partial charge in [-0.2, -0.15) is 0 Å².